The predicted molar refractivity (Wildman–Crippen MR) is 70.0 cm³/mol. The lowest BCUT2D eigenvalue weighted by atomic mass is 10.2. The zero-order valence-electron chi connectivity index (χ0n) is 9.61. The van der Waals surface area contributed by atoms with Crippen LogP contribution in [-0.2, 0) is 0 Å². The first-order chi connectivity index (χ1) is 7.10. The molecule has 1 heterocycles. The summed E-state index contributed by atoms with van der Waals surface area (Å²) in [6.07, 6.45) is 5.83. The van der Waals surface area contributed by atoms with Crippen LogP contribution < -0.4 is 5.32 Å². The lowest BCUT2D eigenvalue weighted by molar-refractivity contribution is 0.919. The maximum Gasteiger partial charge on any atom is 0.105 e. The first-order valence-electron chi connectivity index (χ1n) is 5.27. The van der Waals surface area contributed by atoms with Gasteiger partial charge in [-0.15, -0.1) is 13.2 Å². The summed E-state index contributed by atoms with van der Waals surface area (Å²) in [6.45, 7) is 12.4. The minimum atomic E-state index is -1.44. The Kier molecular flexibility index (Phi) is 4.03. The van der Waals surface area contributed by atoms with Crippen molar-refractivity contribution in [1.82, 2.24) is 4.98 Å². The molecule has 0 unspecified atom stereocenters. The van der Waals surface area contributed by atoms with Gasteiger partial charge in [0.2, 0.25) is 0 Å². The number of aromatic nitrogens is 1. The van der Waals surface area contributed by atoms with E-state index in [0.29, 0.717) is 5.92 Å². The average molecular weight is 217 g/mol. The summed E-state index contributed by atoms with van der Waals surface area (Å²) in [5.41, 5.74) is 0. The van der Waals surface area contributed by atoms with E-state index >= 15 is 0 Å². The number of hydrogen-bond acceptors (Lipinski definition) is 1. The van der Waals surface area contributed by atoms with Crippen molar-refractivity contribution in [2.75, 3.05) is 0 Å². The topological polar surface area (TPSA) is 12.9 Å². The van der Waals surface area contributed by atoms with E-state index < -0.39 is 8.07 Å². The minimum absolute atomic E-state index is 0.411. The van der Waals surface area contributed by atoms with Crippen molar-refractivity contribution >= 4 is 13.4 Å². The molecule has 0 bridgehead atoms. The average Bonchev–Trinajstić information content (AvgIpc) is 2.27. The van der Waals surface area contributed by atoms with Gasteiger partial charge in [-0.2, -0.15) is 0 Å². The van der Waals surface area contributed by atoms with Gasteiger partial charge >= 0.3 is 0 Å². The van der Waals surface area contributed by atoms with Gasteiger partial charge in [-0.3, -0.25) is 4.98 Å². The molecular formula is C13H19NSi. The summed E-state index contributed by atoms with van der Waals surface area (Å²) in [5, 5.41) is 1.26. The summed E-state index contributed by atoms with van der Waals surface area (Å²) in [6, 6.07) is 7.30. The molecule has 1 aromatic heterocycles. The van der Waals surface area contributed by atoms with Gasteiger partial charge in [0.05, 0.1) is 0 Å². The third kappa shape index (κ3) is 3.17. The molecule has 0 radical (unpaired) electrons. The zero-order valence-corrected chi connectivity index (χ0v) is 10.6. The Hall–Kier alpha value is -1.15. The third-order valence-electron chi connectivity index (χ3n) is 2.71. The monoisotopic (exact) mass is 217 g/mol. The van der Waals surface area contributed by atoms with Gasteiger partial charge in [-0.1, -0.05) is 31.3 Å². The molecule has 1 aromatic rings. The zero-order chi connectivity index (χ0) is 11.3. The van der Waals surface area contributed by atoms with Crippen molar-refractivity contribution in [3.63, 3.8) is 0 Å². The quantitative estimate of drug-likeness (QED) is 0.546. The molecule has 0 aliphatic heterocycles. The highest BCUT2D eigenvalue weighted by atomic mass is 28.3. The van der Waals surface area contributed by atoms with E-state index in [0.717, 1.165) is 6.04 Å². The molecule has 15 heavy (non-hydrogen) atoms. The van der Waals surface area contributed by atoms with Crippen LogP contribution in [-0.4, -0.2) is 13.1 Å². The van der Waals surface area contributed by atoms with Gasteiger partial charge in [0, 0.05) is 11.5 Å². The largest absolute Gasteiger partial charge is 0.266 e. The number of allylic oxidation sites excluding steroid dienone is 2. The van der Waals surface area contributed by atoms with E-state index in [1.807, 2.05) is 24.4 Å². The van der Waals surface area contributed by atoms with Gasteiger partial charge in [0.15, 0.2) is 0 Å². The van der Waals surface area contributed by atoms with E-state index in [2.05, 4.69) is 43.4 Å². The van der Waals surface area contributed by atoms with E-state index in [1.54, 1.807) is 0 Å². The van der Waals surface area contributed by atoms with Crippen molar-refractivity contribution < 1.29 is 0 Å². The van der Waals surface area contributed by atoms with Crippen LogP contribution in [0.2, 0.25) is 19.1 Å². The fraction of sp³-hybridized carbons (Fsp3) is 0.308. The summed E-state index contributed by atoms with van der Waals surface area (Å²) < 4.78 is 0. The van der Waals surface area contributed by atoms with Crippen molar-refractivity contribution in [2.24, 2.45) is 5.92 Å². The van der Waals surface area contributed by atoms with Crippen LogP contribution in [0.15, 0.2) is 49.7 Å². The van der Waals surface area contributed by atoms with Crippen LogP contribution in [0.25, 0.3) is 0 Å². The van der Waals surface area contributed by atoms with Crippen molar-refractivity contribution in [1.29, 1.82) is 0 Å². The molecule has 0 aliphatic rings. The highest BCUT2D eigenvalue weighted by Gasteiger charge is 2.26. The Bertz CT molecular complexity index is 322. The van der Waals surface area contributed by atoms with E-state index in [-0.39, 0.29) is 0 Å². The lowest BCUT2D eigenvalue weighted by Gasteiger charge is -2.24. The second-order valence-electron chi connectivity index (χ2n) is 4.44. The Balaban J connectivity index is 2.83. The molecule has 0 spiro atoms. The highest BCUT2D eigenvalue weighted by Crippen LogP contribution is 2.18. The molecular weight excluding hydrogens is 198 g/mol. The van der Waals surface area contributed by atoms with Gasteiger partial charge in [-0.05, 0) is 24.1 Å². The summed E-state index contributed by atoms with van der Waals surface area (Å²) >= 11 is 0. The van der Waals surface area contributed by atoms with Crippen LogP contribution in [0.1, 0.15) is 0 Å². The number of pyridine rings is 1. The predicted octanol–water partition coefficient (Wildman–Crippen LogP) is 2.99. The SMILES string of the molecule is C=CC(C=C)C[Si](C)(C)c1ccccn1. The van der Waals surface area contributed by atoms with Crippen molar-refractivity contribution in [3.05, 3.63) is 49.7 Å². The molecule has 0 aromatic carbocycles. The van der Waals surface area contributed by atoms with Crippen molar-refractivity contribution in [3.8, 4) is 0 Å². The molecule has 1 nitrogen and oxygen atoms in total. The van der Waals surface area contributed by atoms with E-state index in [4.69, 9.17) is 0 Å². The van der Waals surface area contributed by atoms with Gasteiger partial charge in [-0.25, -0.2) is 0 Å². The van der Waals surface area contributed by atoms with Crippen LogP contribution in [0.5, 0.6) is 0 Å². The normalized spacial score (nSPS) is 11.4. The fourth-order valence-corrected chi connectivity index (χ4v) is 4.41. The van der Waals surface area contributed by atoms with Crippen LogP contribution in [0.4, 0.5) is 0 Å². The molecule has 0 saturated heterocycles. The van der Waals surface area contributed by atoms with Crippen LogP contribution >= 0.6 is 0 Å². The molecule has 0 aliphatic carbocycles. The van der Waals surface area contributed by atoms with Gasteiger partial charge in [0.1, 0.15) is 8.07 Å². The Morgan fingerprint density at radius 3 is 2.47 bits per heavy atom. The Morgan fingerprint density at radius 2 is 2.00 bits per heavy atom. The maximum absolute atomic E-state index is 4.47. The first-order valence-corrected chi connectivity index (χ1v) is 8.47. The fourth-order valence-electron chi connectivity index (χ4n) is 1.72. The first kappa shape index (κ1) is 11.9. The molecule has 1 rings (SSSR count). The second-order valence-corrected chi connectivity index (χ2v) is 9.13. The Labute approximate surface area is 93.6 Å². The minimum Gasteiger partial charge on any atom is -0.266 e. The lowest BCUT2D eigenvalue weighted by Crippen LogP contribution is -2.44. The standard InChI is InChI=1S/C13H19NSi/c1-5-12(6-2)11-15(3,4)13-9-7-8-10-14-13/h5-10,12H,1-2,11H2,3-4H3. The number of rotatable bonds is 5. The summed E-state index contributed by atoms with van der Waals surface area (Å²) in [4.78, 5) is 4.47. The number of nitrogens with zero attached hydrogens (tertiary/aromatic N) is 1. The van der Waals surface area contributed by atoms with Crippen LogP contribution in [0.3, 0.4) is 0 Å². The highest BCUT2D eigenvalue weighted by molar-refractivity contribution is 6.89. The van der Waals surface area contributed by atoms with E-state index in [1.165, 1.54) is 5.32 Å². The smallest absolute Gasteiger partial charge is 0.105 e. The Morgan fingerprint density at radius 1 is 1.33 bits per heavy atom. The molecule has 0 atom stereocenters. The van der Waals surface area contributed by atoms with E-state index in [9.17, 15) is 0 Å². The molecule has 2 heteroatoms. The summed E-state index contributed by atoms with van der Waals surface area (Å²) in [5.74, 6) is 0.411. The van der Waals surface area contributed by atoms with Gasteiger partial charge in [0.25, 0.3) is 0 Å². The molecule has 0 saturated carbocycles. The second kappa shape index (κ2) is 5.08. The molecule has 80 valence electrons. The van der Waals surface area contributed by atoms with Gasteiger partial charge < -0.3 is 0 Å². The maximum atomic E-state index is 4.47. The molecule has 0 N–H and O–H groups in total. The third-order valence-corrected chi connectivity index (χ3v) is 5.88. The number of hydrogen-bond donors (Lipinski definition) is 0. The summed E-state index contributed by atoms with van der Waals surface area (Å²) in [7, 11) is -1.44. The van der Waals surface area contributed by atoms with Crippen LogP contribution in [0, 0.1) is 5.92 Å². The molecule has 0 fully saturated rings. The molecule has 0 amide bonds. The van der Waals surface area contributed by atoms with Crippen molar-refractivity contribution in [2.45, 2.75) is 19.1 Å².